The molecule has 1 aromatic carbocycles. The third kappa shape index (κ3) is 6.42. The van der Waals surface area contributed by atoms with Crippen LogP contribution in [0.1, 0.15) is 49.5 Å². The molecule has 9 heteroatoms. The van der Waals surface area contributed by atoms with Crippen molar-refractivity contribution in [2.45, 2.75) is 56.3 Å². The zero-order valence-corrected chi connectivity index (χ0v) is 16.2. The number of benzene rings is 1. The quantitative estimate of drug-likeness (QED) is 0.591. The molecule has 0 atom stereocenters. The summed E-state index contributed by atoms with van der Waals surface area (Å²) in [5.74, 6) is 0. The second-order valence-corrected chi connectivity index (χ2v) is 8.42. The molecule has 27 heavy (non-hydrogen) atoms. The van der Waals surface area contributed by atoms with Crippen molar-refractivity contribution in [3.8, 4) is 0 Å². The van der Waals surface area contributed by atoms with E-state index in [-0.39, 0.29) is 22.8 Å². The van der Waals surface area contributed by atoms with Crippen LogP contribution in [0.5, 0.6) is 0 Å². The molecule has 150 valence electrons. The number of halogens is 3. The molecule has 0 saturated carbocycles. The summed E-state index contributed by atoms with van der Waals surface area (Å²) in [5.41, 5.74) is -1.86. The van der Waals surface area contributed by atoms with Gasteiger partial charge in [-0.15, -0.1) is 0 Å². The van der Waals surface area contributed by atoms with E-state index < -0.39 is 23.4 Å². The molecule has 0 aromatic heterocycles. The fourth-order valence-corrected chi connectivity index (χ4v) is 3.87. The van der Waals surface area contributed by atoms with Gasteiger partial charge in [0.15, 0.2) is 6.29 Å². The summed E-state index contributed by atoms with van der Waals surface area (Å²) in [7, 11) is 0. The minimum absolute atomic E-state index is 0.00523. The van der Waals surface area contributed by atoms with Crippen LogP contribution in [0.3, 0.4) is 0 Å². The monoisotopic (exact) mass is 404 g/mol. The number of amides is 1. The lowest BCUT2D eigenvalue weighted by atomic mass is 10.1. The minimum Gasteiger partial charge on any atom is -0.444 e. The molecule has 1 aliphatic rings. The molecule has 0 unspecified atom stereocenters. The number of piperidine rings is 1. The molecule has 1 fully saturated rings. The second-order valence-electron chi connectivity index (χ2n) is 7.28. The molecule has 1 amide bonds. The zero-order chi connectivity index (χ0) is 20.2. The number of carbonyl (C=O) groups excluding carboxylic acids is 2. The first-order valence-corrected chi connectivity index (χ1v) is 9.35. The van der Waals surface area contributed by atoms with Crippen LogP contribution in [0.25, 0.3) is 0 Å². The number of rotatable bonds is 4. The van der Waals surface area contributed by atoms with E-state index in [1.807, 2.05) is 4.31 Å². The van der Waals surface area contributed by atoms with E-state index >= 15 is 0 Å². The van der Waals surface area contributed by atoms with Gasteiger partial charge < -0.3 is 10.1 Å². The van der Waals surface area contributed by atoms with E-state index in [4.69, 9.17) is 4.74 Å². The molecule has 2 rings (SSSR count). The molecule has 0 spiro atoms. The highest BCUT2D eigenvalue weighted by Gasteiger charge is 2.37. The zero-order valence-electron chi connectivity index (χ0n) is 15.4. The maximum Gasteiger partial charge on any atom is 0.418 e. The predicted octanol–water partition coefficient (Wildman–Crippen LogP) is 4.51. The summed E-state index contributed by atoms with van der Waals surface area (Å²) in [6.07, 6.45) is -3.67. The van der Waals surface area contributed by atoms with E-state index in [2.05, 4.69) is 5.32 Å². The Morgan fingerprint density at radius 3 is 2.41 bits per heavy atom. The highest BCUT2D eigenvalue weighted by molar-refractivity contribution is 7.97. The van der Waals surface area contributed by atoms with Crippen LogP contribution in [0.4, 0.5) is 18.0 Å². The van der Waals surface area contributed by atoms with Crippen molar-refractivity contribution >= 4 is 24.3 Å². The van der Waals surface area contributed by atoms with Crippen molar-refractivity contribution in [3.63, 3.8) is 0 Å². The third-order valence-corrected chi connectivity index (χ3v) is 5.03. The highest BCUT2D eigenvalue weighted by atomic mass is 32.2. The van der Waals surface area contributed by atoms with Crippen molar-refractivity contribution in [2.24, 2.45) is 0 Å². The Hall–Kier alpha value is -1.74. The normalized spacial score (nSPS) is 16.8. The molecular formula is C18H23F3N2O3S. The van der Waals surface area contributed by atoms with E-state index in [1.54, 1.807) is 20.8 Å². The highest BCUT2D eigenvalue weighted by Crippen LogP contribution is 2.40. The predicted molar refractivity (Wildman–Crippen MR) is 96.7 cm³/mol. The summed E-state index contributed by atoms with van der Waals surface area (Å²) in [6, 6.07) is 3.89. The minimum atomic E-state index is -4.60. The van der Waals surface area contributed by atoms with Crippen molar-refractivity contribution in [1.82, 2.24) is 9.62 Å². The number of alkyl halides is 3. The van der Waals surface area contributed by atoms with Gasteiger partial charge in [0, 0.05) is 29.6 Å². The van der Waals surface area contributed by atoms with Crippen LogP contribution in [0.2, 0.25) is 0 Å². The Kier molecular flexibility index (Phi) is 6.80. The molecule has 1 saturated heterocycles. The fraction of sp³-hybridized carbons (Fsp3) is 0.556. The number of carbonyl (C=O) groups is 2. The summed E-state index contributed by atoms with van der Waals surface area (Å²) >= 11 is 0.989. The topological polar surface area (TPSA) is 58.6 Å². The molecule has 0 radical (unpaired) electrons. The van der Waals surface area contributed by atoms with Crippen LogP contribution in [-0.2, 0) is 10.9 Å². The van der Waals surface area contributed by atoms with Gasteiger partial charge in [-0.1, -0.05) is 12.1 Å². The lowest BCUT2D eigenvalue weighted by molar-refractivity contribution is -0.140. The number of nitrogens with zero attached hydrogens (tertiary/aromatic N) is 1. The molecule has 1 N–H and O–H groups in total. The molecule has 0 aliphatic carbocycles. The number of hydrogen-bond acceptors (Lipinski definition) is 5. The van der Waals surface area contributed by atoms with Crippen LogP contribution >= 0.6 is 11.9 Å². The van der Waals surface area contributed by atoms with Gasteiger partial charge in [-0.25, -0.2) is 9.10 Å². The standard InChI is InChI=1S/C18H23F3N2O3S/c1-17(2,3)26-16(25)22-13-7-9-23(10-8-13)27-14-6-4-5-12(11-24)15(14)18(19,20)21/h4-6,11,13H,7-10H2,1-3H3,(H,22,25). The van der Waals surface area contributed by atoms with Crippen LogP contribution in [-0.4, -0.2) is 41.4 Å². The maximum atomic E-state index is 13.3. The smallest absolute Gasteiger partial charge is 0.418 e. The lowest BCUT2D eigenvalue weighted by Gasteiger charge is -2.32. The number of nitrogens with one attached hydrogen (secondary N) is 1. The molecule has 1 heterocycles. The number of hydrogen-bond donors (Lipinski definition) is 1. The van der Waals surface area contributed by atoms with Gasteiger partial charge in [0.2, 0.25) is 0 Å². The van der Waals surface area contributed by atoms with Crippen LogP contribution in [0.15, 0.2) is 23.1 Å². The van der Waals surface area contributed by atoms with Crippen LogP contribution < -0.4 is 5.32 Å². The average molecular weight is 404 g/mol. The Balaban J connectivity index is 1.97. The fourth-order valence-electron chi connectivity index (χ4n) is 2.73. The van der Waals surface area contributed by atoms with Gasteiger partial charge in [0.25, 0.3) is 0 Å². The van der Waals surface area contributed by atoms with E-state index in [9.17, 15) is 22.8 Å². The first-order valence-electron chi connectivity index (χ1n) is 8.57. The summed E-state index contributed by atoms with van der Waals surface area (Å²) in [6.45, 7) is 6.34. The van der Waals surface area contributed by atoms with Crippen molar-refractivity contribution in [3.05, 3.63) is 29.3 Å². The molecule has 1 aromatic rings. The Morgan fingerprint density at radius 2 is 1.89 bits per heavy atom. The molecule has 1 aliphatic heterocycles. The Labute approximate surface area is 160 Å². The molecule has 0 bridgehead atoms. The van der Waals surface area contributed by atoms with Gasteiger partial charge in [-0.3, -0.25) is 4.79 Å². The average Bonchev–Trinajstić information content (AvgIpc) is 2.53. The first-order chi connectivity index (χ1) is 12.5. The number of aldehydes is 1. The molecular weight excluding hydrogens is 381 g/mol. The van der Waals surface area contributed by atoms with Gasteiger partial charge in [-0.2, -0.15) is 13.2 Å². The van der Waals surface area contributed by atoms with E-state index in [1.165, 1.54) is 12.1 Å². The SMILES string of the molecule is CC(C)(C)OC(=O)NC1CCN(Sc2cccc(C=O)c2C(F)(F)F)CC1. The Bertz CT molecular complexity index is 681. The summed E-state index contributed by atoms with van der Waals surface area (Å²) in [4.78, 5) is 22.8. The second kappa shape index (κ2) is 8.52. The first kappa shape index (κ1) is 21.6. The number of ether oxygens (including phenoxy) is 1. The van der Waals surface area contributed by atoms with Crippen molar-refractivity contribution in [1.29, 1.82) is 0 Å². The van der Waals surface area contributed by atoms with E-state index in [0.29, 0.717) is 25.9 Å². The summed E-state index contributed by atoms with van der Waals surface area (Å²) in [5, 5.41) is 2.79. The van der Waals surface area contributed by atoms with Gasteiger partial charge in [0.1, 0.15) is 5.60 Å². The maximum absolute atomic E-state index is 13.3. The molecule has 5 nitrogen and oxygen atoms in total. The van der Waals surface area contributed by atoms with Crippen molar-refractivity contribution in [2.75, 3.05) is 13.1 Å². The number of alkyl carbamates (subject to hydrolysis) is 1. The largest absolute Gasteiger partial charge is 0.444 e. The van der Waals surface area contributed by atoms with Crippen molar-refractivity contribution < 1.29 is 27.5 Å². The van der Waals surface area contributed by atoms with Crippen LogP contribution in [0, 0.1) is 0 Å². The van der Waals surface area contributed by atoms with Gasteiger partial charge in [0.05, 0.1) is 5.56 Å². The lowest BCUT2D eigenvalue weighted by Crippen LogP contribution is -2.44. The van der Waals surface area contributed by atoms with Gasteiger partial charge in [-0.05, 0) is 51.6 Å². The van der Waals surface area contributed by atoms with E-state index in [0.717, 1.165) is 18.0 Å². The summed E-state index contributed by atoms with van der Waals surface area (Å²) < 4.78 is 47.0. The Morgan fingerprint density at radius 1 is 1.26 bits per heavy atom. The third-order valence-electron chi connectivity index (χ3n) is 3.87. The van der Waals surface area contributed by atoms with Gasteiger partial charge >= 0.3 is 12.3 Å².